The molecule has 140 valence electrons. The molecule has 2 aromatic carbocycles. The maximum absolute atomic E-state index is 12.7. The summed E-state index contributed by atoms with van der Waals surface area (Å²) in [5.74, 6) is 0.355. The van der Waals surface area contributed by atoms with Crippen molar-refractivity contribution < 1.29 is 4.79 Å². The fraction of sp³-hybridized carbons (Fsp3) is 0.304. The Labute approximate surface area is 161 Å². The van der Waals surface area contributed by atoms with Gasteiger partial charge in [-0.15, -0.1) is 0 Å². The van der Waals surface area contributed by atoms with E-state index in [0.29, 0.717) is 13.0 Å². The van der Waals surface area contributed by atoms with Crippen LogP contribution in [0, 0.1) is 13.8 Å². The van der Waals surface area contributed by atoms with E-state index in [1.165, 1.54) is 5.56 Å². The minimum Gasteiger partial charge on any atom is -0.341 e. The fourth-order valence-electron chi connectivity index (χ4n) is 3.37. The Kier molecular flexibility index (Phi) is 5.75. The molecule has 0 spiro atoms. The minimum absolute atomic E-state index is 0.151. The van der Waals surface area contributed by atoms with Gasteiger partial charge in [-0.05, 0) is 37.5 Å². The number of rotatable bonds is 6. The van der Waals surface area contributed by atoms with Crippen LogP contribution in [0.4, 0.5) is 0 Å². The number of para-hydroxylation sites is 1. The van der Waals surface area contributed by atoms with Crippen LogP contribution in [0.3, 0.4) is 0 Å². The van der Waals surface area contributed by atoms with Crippen molar-refractivity contribution in [1.29, 1.82) is 0 Å². The van der Waals surface area contributed by atoms with E-state index in [4.69, 9.17) is 0 Å². The molecule has 0 saturated carbocycles. The predicted molar refractivity (Wildman–Crippen MR) is 109 cm³/mol. The van der Waals surface area contributed by atoms with Crippen LogP contribution in [-0.4, -0.2) is 27.6 Å². The van der Waals surface area contributed by atoms with Gasteiger partial charge in [0.05, 0.1) is 11.4 Å². The van der Waals surface area contributed by atoms with Gasteiger partial charge in [-0.25, -0.2) is 4.68 Å². The first-order chi connectivity index (χ1) is 13.0. The van der Waals surface area contributed by atoms with Crippen LogP contribution in [0.2, 0.25) is 0 Å². The fourth-order valence-corrected chi connectivity index (χ4v) is 3.37. The van der Waals surface area contributed by atoms with E-state index in [9.17, 15) is 4.79 Å². The third-order valence-electron chi connectivity index (χ3n) is 5.11. The summed E-state index contributed by atoms with van der Waals surface area (Å²) in [6, 6.07) is 20.3. The van der Waals surface area contributed by atoms with E-state index < -0.39 is 0 Å². The second-order valence-electron chi connectivity index (χ2n) is 7.16. The van der Waals surface area contributed by atoms with Crippen LogP contribution in [0.1, 0.15) is 41.8 Å². The zero-order valence-electron chi connectivity index (χ0n) is 16.5. The predicted octanol–water partition coefficient (Wildman–Crippen LogP) is 4.64. The van der Waals surface area contributed by atoms with Gasteiger partial charge in [0, 0.05) is 31.3 Å². The molecule has 4 nitrogen and oxygen atoms in total. The van der Waals surface area contributed by atoms with E-state index in [2.05, 4.69) is 31.1 Å². The second kappa shape index (κ2) is 8.21. The van der Waals surface area contributed by atoms with Gasteiger partial charge in [-0.2, -0.15) is 5.10 Å². The number of aryl methyl sites for hydroxylation is 1. The van der Waals surface area contributed by atoms with Gasteiger partial charge in [-0.3, -0.25) is 4.79 Å². The molecule has 0 N–H and O–H groups in total. The van der Waals surface area contributed by atoms with Crippen molar-refractivity contribution in [3.05, 3.63) is 83.2 Å². The van der Waals surface area contributed by atoms with Crippen molar-refractivity contribution in [3.8, 4) is 5.69 Å². The number of hydrogen-bond donors (Lipinski definition) is 0. The SMILES string of the molecule is Cc1nn(-c2ccccc2)c(C)c1CN(C)C(=O)CC(C)c1ccccc1. The molecule has 1 unspecified atom stereocenters. The van der Waals surface area contributed by atoms with Gasteiger partial charge in [0.25, 0.3) is 0 Å². The number of hydrogen-bond acceptors (Lipinski definition) is 2. The van der Waals surface area contributed by atoms with Crippen LogP contribution >= 0.6 is 0 Å². The van der Waals surface area contributed by atoms with Crippen LogP contribution in [0.5, 0.6) is 0 Å². The van der Waals surface area contributed by atoms with Gasteiger partial charge in [0.15, 0.2) is 0 Å². The molecule has 1 atom stereocenters. The third kappa shape index (κ3) is 4.27. The summed E-state index contributed by atoms with van der Waals surface area (Å²) >= 11 is 0. The molecule has 4 heteroatoms. The highest BCUT2D eigenvalue weighted by atomic mass is 16.2. The van der Waals surface area contributed by atoms with Crippen molar-refractivity contribution in [2.24, 2.45) is 0 Å². The highest BCUT2D eigenvalue weighted by Crippen LogP contribution is 2.22. The van der Waals surface area contributed by atoms with Crippen LogP contribution in [0.15, 0.2) is 60.7 Å². The summed E-state index contributed by atoms with van der Waals surface area (Å²) in [5.41, 5.74) is 5.39. The normalized spacial score (nSPS) is 12.0. The van der Waals surface area contributed by atoms with E-state index in [1.54, 1.807) is 0 Å². The van der Waals surface area contributed by atoms with Crippen LogP contribution in [-0.2, 0) is 11.3 Å². The molecule has 1 amide bonds. The lowest BCUT2D eigenvalue weighted by atomic mass is 9.97. The Bertz CT molecular complexity index is 900. The second-order valence-corrected chi connectivity index (χ2v) is 7.16. The molecule has 0 radical (unpaired) electrons. The largest absolute Gasteiger partial charge is 0.341 e. The number of nitrogens with zero attached hydrogens (tertiary/aromatic N) is 3. The first-order valence-corrected chi connectivity index (χ1v) is 9.36. The van der Waals surface area contributed by atoms with E-state index >= 15 is 0 Å². The van der Waals surface area contributed by atoms with Crippen molar-refractivity contribution >= 4 is 5.91 Å². The molecular weight excluding hydrogens is 334 g/mol. The molecule has 0 bridgehead atoms. The summed E-state index contributed by atoms with van der Waals surface area (Å²) in [6.07, 6.45) is 0.505. The average Bonchev–Trinajstić information content (AvgIpc) is 2.97. The highest BCUT2D eigenvalue weighted by molar-refractivity contribution is 5.76. The Morgan fingerprint density at radius 1 is 1.04 bits per heavy atom. The van der Waals surface area contributed by atoms with E-state index in [0.717, 1.165) is 22.6 Å². The molecule has 0 saturated heterocycles. The molecule has 1 heterocycles. The quantitative estimate of drug-likeness (QED) is 0.641. The third-order valence-corrected chi connectivity index (χ3v) is 5.11. The molecular formula is C23H27N3O. The summed E-state index contributed by atoms with van der Waals surface area (Å²) in [6.45, 7) is 6.75. The lowest BCUT2D eigenvalue weighted by Crippen LogP contribution is -2.27. The molecule has 0 aliphatic carbocycles. The molecule has 27 heavy (non-hydrogen) atoms. The summed E-state index contributed by atoms with van der Waals surface area (Å²) < 4.78 is 1.95. The molecule has 0 fully saturated rings. The zero-order chi connectivity index (χ0) is 19.4. The maximum Gasteiger partial charge on any atom is 0.223 e. The van der Waals surface area contributed by atoms with Gasteiger partial charge in [0.2, 0.25) is 5.91 Å². The lowest BCUT2D eigenvalue weighted by molar-refractivity contribution is -0.130. The smallest absolute Gasteiger partial charge is 0.223 e. The van der Waals surface area contributed by atoms with E-state index in [-0.39, 0.29) is 11.8 Å². The van der Waals surface area contributed by atoms with Gasteiger partial charge in [-0.1, -0.05) is 55.5 Å². The van der Waals surface area contributed by atoms with Gasteiger partial charge < -0.3 is 4.90 Å². The van der Waals surface area contributed by atoms with Crippen molar-refractivity contribution in [1.82, 2.24) is 14.7 Å². The Morgan fingerprint density at radius 2 is 1.63 bits per heavy atom. The Morgan fingerprint density at radius 3 is 2.26 bits per heavy atom. The number of amides is 1. The standard InChI is InChI=1S/C23H27N3O/c1-17(20-11-7-5-8-12-20)15-23(27)25(4)16-22-18(2)24-26(19(22)3)21-13-9-6-10-14-21/h5-14,17H,15-16H2,1-4H3. The van der Waals surface area contributed by atoms with Gasteiger partial charge >= 0.3 is 0 Å². The van der Waals surface area contributed by atoms with Crippen molar-refractivity contribution in [2.45, 2.75) is 39.7 Å². The summed E-state index contributed by atoms with van der Waals surface area (Å²) in [7, 11) is 1.87. The topological polar surface area (TPSA) is 38.1 Å². The first kappa shape index (κ1) is 18.9. The molecule has 3 rings (SSSR count). The van der Waals surface area contributed by atoms with E-state index in [1.807, 2.05) is 72.1 Å². The zero-order valence-corrected chi connectivity index (χ0v) is 16.5. The number of aromatic nitrogens is 2. The number of carbonyl (C=O) groups is 1. The number of carbonyl (C=O) groups excluding carboxylic acids is 1. The van der Waals surface area contributed by atoms with Crippen LogP contribution < -0.4 is 0 Å². The summed E-state index contributed by atoms with van der Waals surface area (Å²) in [4.78, 5) is 14.5. The molecule has 0 aliphatic rings. The highest BCUT2D eigenvalue weighted by Gasteiger charge is 2.19. The van der Waals surface area contributed by atoms with Crippen LogP contribution in [0.25, 0.3) is 5.69 Å². The number of benzene rings is 2. The Hall–Kier alpha value is -2.88. The minimum atomic E-state index is 0.151. The molecule has 1 aromatic heterocycles. The molecule has 3 aromatic rings. The Balaban J connectivity index is 1.71. The van der Waals surface area contributed by atoms with Crippen molar-refractivity contribution in [2.75, 3.05) is 7.05 Å². The first-order valence-electron chi connectivity index (χ1n) is 9.36. The van der Waals surface area contributed by atoms with Crippen molar-refractivity contribution in [3.63, 3.8) is 0 Å². The summed E-state index contributed by atoms with van der Waals surface area (Å²) in [5, 5.41) is 4.68. The maximum atomic E-state index is 12.7. The van der Waals surface area contributed by atoms with Gasteiger partial charge in [0.1, 0.15) is 0 Å². The monoisotopic (exact) mass is 361 g/mol. The lowest BCUT2D eigenvalue weighted by Gasteiger charge is -2.20. The average molecular weight is 361 g/mol. The molecule has 0 aliphatic heterocycles.